The number of thioether (sulfide) groups is 1. The van der Waals surface area contributed by atoms with E-state index in [-0.39, 0.29) is 10.1 Å². The van der Waals surface area contributed by atoms with Crippen molar-refractivity contribution < 1.29 is 33.7 Å². The number of aliphatic carboxylic acids is 1. The van der Waals surface area contributed by atoms with E-state index in [2.05, 4.69) is 5.43 Å². The lowest BCUT2D eigenvalue weighted by Gasteiger charge is -2.16. The SMILES string of the molecule is CCOc1cc(/C=C2/SC(=S)N(NC(=O)c3cccc(OC)c3)C2=O)ccc1OC(C)C(=O)O. The largest absolute Gasteiger partial charge is 0.497 e. The first-order valence-corrected chi connectivity index (χ1v) is 11.3. The highest BCUT2D eigenvalue weighted by atomic mass is 32.2. The second-order valence-corrected chi connectivity index (χ2v) is 8.60. The number of carboxylic acid groups (broad SMARTS) is 1. The Morgan fingerprint density at radius 2 is 2.00 bits per heavy atom. The number of nitrogens with zero attached hydrogens (tertiary/aromatic N) is 1. The molecule has 1 heterocycles. The topological polar surface area (TPSA) is 114 Å². The number of carbonyl (C=O) groups excluding carboxylic acids is 2. The van der Waals surface area contributed by atoms with E-state index >= 15 is 0 Å². The molecule has 11 heteroatoms. The summed E-state index contributed by atoms with van der Waals surface area (Å²) >= 11 is 6.31. The number of thiocarbonyl (C=S) groups is 1. The predicted molar refractivity (Wildman–Crippen MR) is 131 cm³/mol. The van der Waals surface area contributed by atoms with Crippen LogP contribution in [0.4, 0.5) is 0 Å². The molecule has 1 fully saturated rings. The fourth-order valence-corrected chi connectivity index (χ4v) is 4.05. The van der Waals surface area contributed by atoms with Crippen LogP contribution in [0.5, 0.6) is 17.2 Å². The third-order valence-electron chi connectivity index (χ3n) is 4.56. The van der Waals surface area contributed by atoms with Crippen molar-refractivity contribution in [1.82, 2.24) is 10.4 Å². The molecule has 1 atom stereocenters. The van der Waals surface area contributed by atoms with Crippen molar-refractivity contribution in [2.24, 2.45) is 0 Å². The van der Waals surface area contributed by atoms with Crippen molar-refractivity contribution in [2.45, 2.75) is 20.0 Å². The Balaban J connectivity index is 1.79. The highest BCUT2D eigenvalue weighted by molar-refractivity contribution is 8.26. The van der Waals surface area contributed by atoms with Crippen molar-refractivity contribution in [3.63, 3.8) is 0 Å². The van der Waals surface area contributed by atoms with Crippen LogP contribution < -0.4 is 19.6 Å². The van der Waals surface area contributed by atoms with E-state index in [9.17, 15) is 14.4 Å². The van der Waals surface area contributed by atoms with Gasteiger partial charge in [-0.25, -0.2) is 4.79 Å². The lowest BCUT2D eigenvalue weighted by molar-refractivity contribution is -0.144. The van der Waals surface area contributed by atoms with Crippen LogP contribution in [-0.4, -0.2) is 52.0 Å². The lowest BCUT2D eigenvalue weighted by Crippen LogP contribution is -2.44. The summed E-state index contributed by atoms with van der Waals surface area (Å²) in [6.07, 6.45) is 0.540. The quantitative estimate of drug-likeness (QED) is 0.393. The van der Waals surface area contributed by atoms with Gasteiger partial charge in [0.15, 0.2) is 21.9 Å². The molecule has 3 rings (SSSR count). The molecule has 1 aliphatic rings. The lowest BCUT2D eigenvalue weighted by atomic mass is 10.2. The number of nitrogens with one attached hydrogen (secondary N) is 1. The molecule has 2 aromatic carbocycles. The molecular formula is C23H22N2O7S2. The Morgan fingerprint density at radius 1 is 1.24 bits per heavy atom. The van der Waals surface area contributed by atoms with Crippen LogP contribution in [0.15, 0.2) is 47.4 Å². The maximum absolute atomic E-state index is 12.9. The minimum absolute atomic E-state index is 0.174. The van der Waals surface area contributed by atoms with E-state index in [4.69, 9.17) is 31.5 Å². The molecule has 34 heavy (non-hydrogen) atoms. The van der Waals surface area contributed by atoms with Crippen molar-refractivity contribution in [1.29, 1.82) is 0 Å². The average molecular weight is 503 g/mol. The van der Waals surface area contributed by atoms with Crippen LogP contribution in [0.3, 0.4) is 0 Å². The summed E-state index contributed by atoms with van der Waals surface area (Å²) in [5.74, 6) is -0.981. The molecule has 0 radical (unpaired) electrons. The summed E-state index contributed by atoms with van der Waals surface area (Å²) in [5, 5.41) is 10.1. The van der Waals surface area contributed by atoms with E-state index in [1.54, 1.807) is 55.5 Å². The zero-order chi connectivity index (χ0) is 24.8. The van der Waals surface area contributed by atoms with Gasteiger partial charge in [0.25, 0.3) is 11.8 Å². The number of amides is 2. The van der Waals surface area contributed by atoms with E-state index < -0.39 is 23.9 Å². The van der Waals surface area contributed by atoms with Crippen molar-refractivity contribution >= 4 is 52.2 Å². The first-order chi connectivity index (χ1) is 16.2. The number of hydrogen-bond donors (Lipinski definition) is 2. The molecule has 0 aromatic heterocycles. The maximum Gasteiger partial charge on any atom is 0.344 e. The molecular weight excluding hydrogens is 480 g/mol. The van der Waals surface area contributed by atoms with Crippen LogP contribution in [0.2, 0.25) is 0 Å². The van der Waals surface area contributed by atoms with Crippen LogP contribution >= 0.6 is 24.0 Å². The summed E-state index contributed by atoms with van der Waals surface area (Å²) in [7, 11) is 1.49. The van der Waals surface area contributed by atoms with Gasteiger partial charge in [0.05, 0.1) is 18.6 Å². The second kappa shape index (κ2) is 11.0. The summed E-state index contributed by atoms with van der Waals surface area (Å²) in [6.45, 7) is 3.53. The fraction of sp³-hybridized carbons (Fsp3) is 0.217. The third-order valence-corrected chi connectivity index (χ3v) is 5.86. The predicted octanol–water partition coefficient (Wildman–Crippen LogP) is 3.49. The van der Waals surface area contributed by atoms with E-state index in [0.29, 0.717) is 34.1 Å². The van der Waals surface area contributed by atoms with E-state index in [1.165, 1.54) is 14.0 Å². The molecule has 1 aliphatic heterocycles. The summed E-state index contributed by atoms with van der Waals surface area (Å²) in [5.41, 5.74) is 3.44. The number of hydrazine groups is 1. The van der Waals surface area contributed by atoms with Gasteiger partial charge in [-0.1, -0.05) is 23.9 Å². The molecule has 0 bridgehead atoms. The highest BCUT2D eigenvalue weighted by Gasteiger charge is 2.34. The van der Waals surface area contributed by atoms with Gasteiger partial charge in [0.2, 0.25) is 0 Å². The van der Waals surface area contributed by atoms with Gasteiger partial charge in [0.1, 0.15) is 5.75 Å². The monoisotopic (exact) mass is 502 g/mol. The minimum Gasteiger partial charge on any atom is -0.497 e. The molecule has 2 amide bonds. The number of methoxy groups -OCH3 is 1. The summed E-state index contributed by atoms with van der Waals surface area (Å²) < 4.78 is 16.3. The number of benzene rings is 2. The molecule has 178 valence electrons. The van der Waals surface area contributed by atoms with Crippen LogP contribution in [-0.2, 0) is 9.59 Å². The van der Waals surface area contributed by atoms with Crippen molar-refractivity contribution in [3.05, 3.63) is 58.5 Å². The smallest absolute Gasteiger partial charge is 0.344 e. The van der Waals surface area contributed by atoms with E-state index in [1.807, 2.05) is 0 Å². The van der Waals surface area contributed by atoms with Gasteiger partial charge < -0.3 is 19.3 Å². The number of carbonyl (C=O) groups is 3. The minimum atomic E-state index is -1.11. The van der Waals surface area contributed by atoms with Gasteiger partial charge in [-0.05, 0) is 68.0 Å². The number of hydrogen-bond acceptors (Lipinski definition) is 8. The normalized spacial score (nSPS) is 15.3. The molecule has 1 saturated heterocycles. The Hall–Kier alpha value is -3.57. The van der Waals surface area contributed by atoms with Gasteiger partial charge in [-0.3, -0.25) is 15.0 Å². The highest BCUT2D eigenvalue weighted by Crippen LogP contribution is 2.34. The van der Waals surface area contributed by atoms with Gasteiger partial charge in [-0.2, -0.15) is 5.01 Å². The standard InChI is InChI=1S/C23H22N2O7S2/c1-4-31-18-10-14(8-9-17(18)32-13(2)22(28)29)11-19-21(27)25(23(33)34-19)24-20(26)15-6-5-7-16(12-15)30-3/h5-13H,4H2,1-3H3,(H,24,26)(H,28,29)/b19-11+. The average Bonchev–Trinajstić information content (AvgIpc) is 3.08. The Labute approximate surface area is 205 Å². The Morgan fingerprint density at radius 3 is 2.68 bits per heavy atom. The summed E-state index contributed by atoms with van der Waals surface area (Å²) in [4.78, 5) is 36.9. The summed E-state index contributed by atoms with van der Waals surface area (Å²) in [6, 6.07) is 11.4. The Bertz CT molecular complexity index is 1170. The molecule has 0 saturated carbocycles. The Kier molecular flexibility index (Phi) is 8.13. The molecule has 2 aromatic rings. The van der Waals surface area contributed by atoms with Crippen molar-refractivity contribution in [3.8, 4) is 17.2 Å². The molecule has 0 aliphatic carbocycles. The van der Waals surface area contributed by atoms with Gasteiger partial charge >= 0.3 is 5.97 Å². The van der Waals surface area contributed by atoms with Crippen LogP contribution in [0.1, 0.15) is 29.8 Å². The van der Waals surface area contributed by atoms with Crippen LogP contribution in [0, 0.1) is 0 Å². The second-order valence-electron chi connectivity index (χ2n) is 6.93. The van der Waals surface area contributed by atoms with Gasteiger partial charge in [-0.15, -0.1) is 0 Å². The molecule has 0 spiro atoms. The first kappa shape index (κ1) is 25.1. The fourth-order valence-electron chi connectivity index (χ4n) is 2.87. The molecule has 1 unspecified atom stereocenters. The van der Waals surface area contributed by atoms with E-state index in [0.717, 1.165) is 16.8 Å². The molecule has 9 nitrogen and oxygen atoms in total. The molecule has 2 N–H and O–H groups in total. The maximum atomic E-state index is 12.9. The number of carboxylic acids is 1. The third kappa shape index (κ3) is 5.86. The van der Waals surface area contributed by atoms with Gasteiger partial charge in [0, 0.05) is 5.56 Å². The number of ether oxygens (including phenoxy) is 3. The zero-order valence-electron chi connectivity index (χ0n) is 18.6. The van der Waals surface area contributed by atoms with Crippen molar-refractivity contribution in [2.75, 3.05) is 13.7 Å². The van der Waals surface area contributed by atoms with Crippen LogP contribution in [0.25, 0.3) is 6.08 Å². The zero-order valence-corrected chi connectivity index (χ0v) is 20.2. The first-order valence-electron chi connectivity index (χ1n) is 10.1. The number of rotatable bonds is 9.